The molecule has 0 saturated heterocycles. The molecule has 4 aromatic carbocycles. The van der Waals surface area contributed by atoms with Gasteiger partial charge in [0, 0.05) is 44.7 Å². The first-order valence-corrected chi connectivity index (χ1v) is 40.7. The summed E-state index contributed by atoms with van der Waals surface area (Å²) in [5, 5.41) is 15.2. The number of carbonyl (C=O) groups is 6. The number of anilines is 6. The maximum atomic E-state index is 13.9. The van der Waals surface area contributed by atoms with E-state index in [1.807, 2.05) is 23.9 Å². The second-order valence-corrected chi connectivity index (χ2v) is 34.9. The summed E-state index contributed by atoms with van der Waals surface area (Å²) in [6.07, 6.45) is 2.13. The summed E-state index contributed by atoms with van der Waals surface area (Å²) in [4.78, 5) is 114. The number of nitrogen functional groups attached to an aromatic ring is 4. The average molecular weight is 1490 g/mol. The zero-order chi connectivity index (χ0) is 75.7. The van der Waals surface area contributed by atoms with E-state index in [9.17, 15) is 43.0 Å². The van der Waals surface area contributed by atoms with E-state index in [0.717, 1.165) is 17.4 Å². The highest BCUT2D eigenvalue weighted by Gasteiger charge is 2.35. The largest absolute Gasteiger partial charge is 0.480 e. The molecule has 32 nitrogen and oxygen atoms in total. The second kappa shape index (κ2) is 38.2. The lowest BCUT2D eigenvalue weighted by Gasteiger charge is -2.23. The minimum Gasteiger partial charge on any atom is -0.480 e. The fourth-order valence-corrected chi connectivity index (χ4v) is 14.4. The van der Waals surface area contributed by atoms with Crippen LogP contribution < -0.4 is 52.4 Å². The summed E-state index contributed by atoms with van der Waals surface area (Å²) in [5.74, 6) is -3.22. The molecule has 11 N–H and O–H groups in total. The van der Waals surface area contributed by atoms with E-state index >= 15 is 0 Å². The lowest BCUT2D eigenvalue weighted by Crippen LogP contribution is -2.42. The van der Waals surface area contributed by atoms with Crippen LogP contribution in [0.25, 0.3) is 22.3 Å². The van der Waals surface area contributed by atoms with Crippen molar-refractivity contribution in [2.45, 2.75) is 129 Å². The fraction of sp³-hybridized carbons (Fsp3) is 0.391. The topological polar surface area (TPSA) is 459 Å². The Kier molecular flexibility index (Phi) is 29.7. The Labute approximate surface area is 603 Å². The molecule has 0 aliphatic heterocycles. The van der Waals surface area contributed by atoms with Crippen LogP contribution in [0.4, 0.5) is 34.9 Å². The number of ether oxygens (including phenoxy) is 3. The zero-order valence-corrected chi connectivity index (χ0v) is 62.3. The van der Waals surface area contributed by atoms with Crippen LogP contribution in [-0.2, 0) is 64.7 Å². The lowest BCUT2D eigenvalue weighted by atomic mass is 10.1. The van der Waals surface area contributed by atoms with E-state index < -0.39 is 83.2 Å². The summed E-state index contributed by atoms with van der Waals surface area (Å²) in [6, 6.07) is 29.0. The molecule has 0 aliphatic rings. The molecule has 8 rings (SSSR count). The number of fused-ring (bicyclic) bond motifs is 2. The van der Waals surface area contributed by atoms with Gasteiger partial charge in [-0.15, -0.1) is 0 Å². The molecule has 0 bridgehead atoms. The van der Waals surface area contributed by atoms with Crippen molar-refractivity contribution in [2.24, 2.45) is 0 Å². The van der Waals surface area contributed by atoms with Gasteiger partial charge in [-0.2, -0.15) is 19.9 Å². The number of carboxylic acid groups (broad SMARTS) is 1. The number of hydrogen-bond acceptors (Lipinski definition) is 29. The number of para-hydroxylation sites is 2. The van der Waals surface area contributed by atoms with E-state index in [2.05, 4.69) is 70.1 Å². The Hall–Kier alpha value is -10.5. The van der Waals surface area contributed by atoms with Crippen LogP contribution in [0.5, 0.6) is 11.5 Å². The summed E-state index contributed by atoms with van der Waals surface area (Å²) >= 11 is 0. The van der Waals surface area contributed by atoms with Crippen molar-refractivity contribution < 1.29 is 75.3 Å². The van der Waals surface area contributed by atoms with Crippen LogP contribution in [-0.4, -0.2) is 159 Å². The Bertz CT molecular complexity index is 4330. The van der Waals surface area contributed by atoms with Gasteiger partial charge in [-0.05, 0) is 132 Å². The van der Waals surface area contributed by atoms with Gasteiger partial charge in [0.1, 0.15) is 23.6 Å². The molecule has 4 heterocycles. The summed E-state index contributed by atoms with van der Waals surface area (Å²) in [5.41, 5.74) is 27.8. The highest BCUT2D eigenvalue weighted by atomic mass is 31.2. The van der Waals surface area contributed by atoms with Crippen LogP contribution >= 0.6 is 15.2 Å². The van der Waals surface area contributed by atoms with E-state index in [1.54, 1.807) is 135 Å². The van der Waals surface area contributed by atoms with E-state index in [-0.39, 0.29) is 92.6 Å². The third-order valence-corrected chi connectivity index (χ3v) is 21.1. The van der Waals surface area contributed by atoms with Gasteiger partial charge in [0.15, 0.2) is 46.2 Å². The maximum Gasteiger partial charge on any atom is 0.380 e. The number of aromatic nitrogens is 8. The molecular formula is C69H90N16O16P2Si. The molecule has 104 heavy (non-hydrogen) atoms. The molecular weight excluding hydrogens is 1400 g/mol. The molecule has 556 valence electrons. The molecule has 2 unspecified atom stereocenters. The van der Waals surface area contributed by atoms with Crippen molar-refractivity contribution in [3.05, 3.63) is 144 Å². The van der Waals surface area contributed by atoms with E-state index in [0.29, 0.717) is 71.1 Å². The van der Waals surface area contributed by atoms with Gasteiger partial charge < -0.3 is 71.7 Å². The minimum absolute atomic E-state index is 0.00769. The number of rotatable bonds is 37. The number of benzene rings is 4. The number of carbonyl (C=O) groups excluding carboxylic acids is 5. The quantitative estimate of drug-likeness (QED) is 0.00626. The fourth-order valence-electron chi connectivity index (χ4n) is 9.99. The SMILES string of the molecule is CCOC(=O)[C@H](C)OP(=O)(CCCC[C@H](NC(=O)c1ccc(N(C)Cc2cnc3nc(N)nc(N)c3n2)cc1)C(=O)O)Oc1ccccc1.CCOC(=O)[C@H](C)OP(=O)(CCCC[C@H](NC(=O)c1ccc(N(C)Cc2cnc3nc(N)nc(N)c3n2)cc1)C(=O)OCC[Si](C)(C)C)Oc1ccccc1. The van der Waals surface area contributed by atoms with Crippen molar-refractivity contribution in [1.29, 1.82) is 0 Å². The van der Waals surface area contributed by atoms with Gasteiger partial charge in [0.2, 0.25) is 11.9 Å². The summed E-state index contributed by atoms with van der Waals surface area (Å²) < 4.78 is 65.9. The molecule has 35 heteroatoms. The van der Waals surface area contributed by atoms with Crippen molar-refractivity contribution in [1.82, 2.24) is 50.5 Å². The molecule has 0 spiro atoms. The molecule has 0 radical (unpaired) electrons. The monoisotopic (exact) mass is 1490 g/mol. The summed E-state index contributed by atoms with van der Waals surface area (Å²) in [6.45, 7) is 14.0. The molecule has 2 amide bonds. The number of aliphatic carboxylic acids is 1. The van der Waals surface area contributed by atoms with Crippen LogP contribution in [0.1, 0.15) is 98.3 Å². The number of carboxylic acids is 1. The highest BCUT2D eigenvalue weighted by molar-refractivity contribution is 7.54. The van der Waals surface area contributed by atoms with Crippen molar-refractivity contribution in [2.75, 3.05) is 79.0 Å². The Balaban J connectivity index is 0.000000293. The maximum absolute atomic E-state index is 13.9. The predicted octanol–water partition coefficient (Wildman–Crippen LogP) is 9.43. The molecule has 0 aliphatic carbocycles. The van der Waals surface area contributed by atoms with Gasteiger partial charge in [-0.3, -0.25) is 18.6 Å². The number of nitrogens with zero attached hydrogens (tertiary/aromatic N) is 10. The van der Waals surface area contributed by atoms with Crippen molar-refractivity contribution in [3.63, 3.8) is 0 Å². The second-order valence-electron chi connectivity index (χ2n) is 25.1. The first-order chi connectivity index (χ1) is 49.4. The van der Waals surface area contributed by atoms with Crippen LogP contribution in [0.3, 0.4) is 0 Å². The third-order valence-electron chi connectivity index (χ3n) is 15.4. The first kappa shape index (κ1) is 80.8. The van der Waals surface area contributed by atoms with Gasteiger partial charge in [0.05, 0.1) is 69.0 Å². The van der Waals surface area contributed by atoms with E-state index in [1.165, 1.54) is 13.8 Å². The standard InChI is InChI=1S/C37H51N8O8PSi.C32H39N8O8P/c1-7-50-35(47)25(2)52-54(49,53-29-13-9-8-10-14-29)21-12-11-15-30(36(48)51-20-22-55(4,5)6)42-34(46)26-16-18-28(19-17-26)45(3)24-27-23-40-33-31(41-27)32(38)43-37(39)44-33;1-4-46-31(44)20(2)47-49(45,48-24-10-6-5-7-11-24)17-9-8-12-25(30(42)43)37-29(41)21-13-15-23(16-14-21)40(3)19-22-18-35-28-26(36-22)27(33)38-32(34)39-28/h8-10,13-14,16-19,23,25,30H,7,11-12,15,20-22,24H2,1-6H3,(H,42,46)(H4,38,39,40,43,44);5-7,10-11,13-16,18,20,25H,4,8-9,12,17,19H2,1-3H3,(H,37,41)(H,42,43)(H4,33,34,35,38,39)/t25-,30-,54?;20-,25-,49?/m00/s1. The molecule has 4 aromatic heterocycles. The normalized spacial score (nSPS) is 13.6. The van der Waals surface area contributed by atoms with Crippen molar-refractivity contribution in [3.8, 4) is 11.5 Å². The smallest absolute Gasteiger partial charge is 0.380 e. The predicted molar refractivity (Wildman–Crippen MR) is 395 cm³/mol. The average Bonchev–Trinajstić information content (AvgIpc) is 0.810. The first-order valence-electron chi connectivity index (χ1n) is 33.5. The summed E-state index contributed by atoms with van der Waals surface area (Å²) in [7, 11) is -5.50. The number of amides is 2. The number of unbranched alkanes of at least 4 members (excludes halogenated alkanes) is 2. The van der Waals surface area contributed by atoms with Gasteiger partial charge >= 0.3 is 39.1 Å². The third kappa shape index (κ3) is 25.2. The molecule has 6 atom stereocenters. The minimum atomic E-state index is -3.85. The molecule has 0 saturated carbocycles. The highest BCUT2D eigenvalue weighted by Crippen LogP contribution is 2.51. The Morgan fingerprint density at radius 2 is 0.923 bits per heavy atom. The van der Waals surface area contributed by atoms with Gasteiger partial charge in [0.25, 0.3) is 11.8 Å². The van der Waals surface area contributed by atoms with Gasteiger partial charge in [-0.25, -0.2) is 48.2 Å². The van der Waals surface area contributed by atoms with Crippen LogP contribution in [0.2, 0.25) is 25.7 Å². The Morgan fingerprint density at radius 1 is 0.529 bits per heavy atom. The number of nitrogens with two attached hydrogens (primary N) is 4. The number of nitrogens with one attached hydrogen (secondary N) is 2. The Morgan fingerprint density at radius 3 is 1.31 bits per heavy atom. The number of esters is 3. The molecule has 0 fully saturated rings. The van der Waals surface area contributed by atoms with E-state index in [4.69, 9.17) is 55.2 Å². The molecule has 8 aromatic rings. The van der Waals surface area contributed by atoms with Gasteiger partial charge in [-0.1, -0.05) is 68.9 Å². The zero-order valence-electron chi connectivity index (χ0n) is 59.5. The number of hydrogen-bond donors (Lipinski definition) is 7. The van der Waals surface area contributed by atoms with Crippen LogP contribution in [0, 0.1) is 0 Å². The lowest BCUT2D eigenvalue weighted by molar-refractivity contribution is -0.151. The van der Waals surface area contributed by atoms with Crippen LogP contribution in [0.15, 0.2) is 122 Å². The van der Waals surface area contributed by atoms with Crippen molar-refractivity contribution >= 4 is 116 Å².